The predicted molar refractivity (Wildman–Crippen MR) is 49.2 cm³/mol. The number of pyridine rings is 1. The van der Waals surface area contributed by atoms with Gasteiger partial charge in [0, 0.05) is 11.6 Å². The SMILES string of the molecule is N#Cn1ccc2ccccc2c1=O. The molecule has 0 N–H and O–H groups in total. The van der Waals surface area contributed by atoms with Crippen molar-refractivity contribution in [1.82, 2.24) is 4.57 Å². The van der Waals surface area contributed by atoms with E-state index in [2.05, 4.69) is 0 Å². The summed E-state index contributed by atoms with van der Waals surface area (Å²) in [6.45, 7) is 0. The van der Waals surface area contributed by atoms with Gasteiger partial charge >= 0.3 is 0 Å². The molecule has 1 heterocycles. The molecule has 1 aromatic carbocycles. The summed E-state index contributed by atoms with van der Waals surface area (Å²) < 4.78 is 1.02. The predicted octanol–water partition coefficient (Wildman–Crippen LogP) is 1.33. The molecule has 13 heavy (non-hydrogen) atoms. The molecule has 3 heteroatoms. The van der Waals surface area contributed by atoms with Crippen LogP contribution in [0.1, 0.15) is 0 Å². The Morgan fingerprint density at radius 1 is 1.23 bits per heavy atom. The van der Waals surface area contributed by atoms with Crippen LogP contribution in [0.4, 0.5) is 0 Å². The number of hydrogen-bond donors (Lipinski definition) is 0. The van der Waals surface area contributed by atoms with E-state index in [0.717, 1.165) is 9.95 Å². The zero-order valence-electron chi connectivity index (χ0n) is 6.77. The Hall–Kier alpha value is -2.08. The number of rotatable bonds is 0. The third kappa shape index (κ3) is 1.09. The van der Waals surface area contributed by atoms with Crippen molar-refractivity contribution < 1.29 is 0 Å². The third-order valence-electron chi connectivity index (χ3n) is 1.92. The van der Waals surface area contributed by atoms with Crippen molar-refractivity contribution in [2.75, 3.05) is 0 Å². The van der Waals surface area contributed by atoms with Gasteiger partial charge in [-0.3, -0.25) is 4.79 Å². The van der Waals surface area contributed by atoms with E-state index in [1.165, 1.54) is 6.20 Å². The van der Waals surface area contributed by atoms with E-state index in [1.54, 1.807) is 24.4 Å². The molecule has 1 aromatic heterocycles. The first-order chi connectivity index (χ1) is 6.33. The van der Waals surface area contributed by atoms with Gasteiger partial charge in [0.1, 0.15) is 0 Å². The van der Waals surface area contributed by atoms with Crippen LogP contribution in [0.5, 0.6) is 0 Å². The highest BCUT2D eigenvalue weighted by molar-refractivity contribution is 5.81. The maximum absolute atomic E-state index is 11.5. The lowest BCUT2D eigenvalue weighted by Crippen LogP contribution is -2.15. The fraction of sp³-hybridized carbons (Fsp3) is 0. The van der Waals surface area contributed by atoms with E-state index in [1.807, 2.05) is 12.1 Å². The van der Waals surface area contributed by atoms with Gasteiger partial charge in [0.2, 0.25) is 0 Å². The standard InChI is InChI=1S/C10H6N2O/c11-7-12-6-5-8-3-1-2-4-9(8)10(12)13/h1-6H. The molecule has 0 radical (unpaired) electrons. The summed E-state index contributed by atoms with van der Waals surface area (Å²) in [4.78, 5) is 11.5. The van der Waals surface area contributed by atoms with Crippen LogP contribution < -0.4 is 5.56 Å². The van der Waals surface area contributed by atoms with Crippen molar-refractivity contribution in [2.45, 2.75) is 0 Å². The van der Waals surface area contributed by atoms with Crippen LogP contribution in [0.25, 0.3) is 10.8 Å². The second-order valence-corrected chi connectivity index (χ2v) is 2.68. The lowest BCUT2D eigenvalue weighted by molar-refractivity contribution is 1.03. The molecule has 0 aliphatic rings. The van der Waals surface area contributed by atoms with E-state index in [0.29, 0.717) is 5.39 Å². The van der Waals surface area contributed by atoms with Crippen LogP contribution in [0.3, 0.4) is 0 Å². The van der Waals surface area contributed by atoms with Crippen molar-refractivity contribution in [3.05, 3.63) is 46.9 Å². The first-order valence-electron chi connectivity index (χ1n) is 3.83. The average Bonchev–Trinajstić information content (AvgIpc) is 2.19. The molecule has 0 atom stereocenters. The van der Waals surface area contributed by atoms with E-state index < -0.39 is 0 Å². The molecule has 0 spiro atoms. The molecule has 0 bridgehead atoms. The lowest BCUT2D eigenvalue weighted by atomic mass is 10.2. The Bertz CT molecular complexity index is 549. The molecule has 2 rings (SSSR count). The Balaban J connectivity index is 2.98. The number of nitrogens with zero attached hydrogens (tertiary/aromatic N) is 2. The zero-order chi connectivity index (χ0) is 9.26. The van der Waals surface area contributed by atoms with Crippen molar-refractivity contribution in [3.8, 4) is 6.19 Å². The molecule has 0 saturated carbocycles. The van der Waals surface area contributed by atoms with Crippen LogP contribution in [-0.4, -0.2) is 4.57 Å². The van der Waals surface area contributed by atoms with Gasteiger partial charge in [-0.25, -0.2) is 4.57 Å². The number of aromatic nitrogens is 1. The normalized spacial score (nSPS) is 9.77. The lowest BCUT2D eigenvalue weighted by Gasteiger charge is -1.96. The van der Waals surface area contributed by atoms with Crippen molar-refractivity contribution in [2.24, 2.45) is 0 Å². The minimum Gasteiger partial charge on any atom is -0.268 e. The first-order valence-corrected chi connectivity index (χ1v) is 3.83. The van der Waals surface area contributed by atoms with Gasteiger partial charge in [-0.1, -0.05) is 18.2 Å². The highest BCUT2D eigenvalue weighted by atomic mass is 16.1. The molecule has 0 aliphatic carbocycles. The molecule has 0 unspecified atom stereocenters. The van der Waals surface area contributed by atoms with Gasteiger partial charge < -0.3 is 0 Å². The maximum Gasteiger partial charge on any atom is 0.271 e. The third-order valence-corrected chi connectivity index (χ3v) is 1.92. The molecular formula is C10H6N2O. The van der Waals surface area contributed by atoms with Crippen LogP contribution in [0.2, 0.25) is 0 Å². The van der Waals surface area contributed by atoms with Gasteiger partial charge in [0.05, 0.1) is 0 Å². The fourth-order valence-corrected chi connectivity index (χ4v) is 1.27. The Labute approximate surface area is 74.5 Å². The summed E-state index contributed by atoms with van der Waals surface area (Å²) >= 11 is 0. The fourth-order valence-electron chi connectivity index (χ4n) is 1.27. The summed E-state index contributed by atoms with van der Waals surface area (Å²) in [6, 6.07) is 8.95. The summed E-state index contributed by atoms with van der Waals surface area (Å²) in [5, 5.41) is 10.0. The molecule has 62 valence electrons. The van der Waals surface area contributed by atoms with E-state index >= 15 is 0 Å². The van der Waals surface area contributed by atoms with Gasteiger partial charge in [0.15, 0.2) is 6.19 Å². The Kier molecular flexibility index (Phi) is 1.60. The zero-order valence-corrected chi connectivity index (χ0v) is 6.77. The van der Waals surface area contributed by atoms with Crippen LogP contribution >= 0.6 is 0 Å². The summed E-state index contributed by atoms with van der Waals surface area (Å²) in [5.41, 5.74) is -0.263. The van der Waals surface area contributed by atoms with E-state index in [-0.39, 0.29) is 5.56 Å². The largest absolute Gasteiger partial charge is 0.271 e. The molecule has 0 saturated heterocycles. The van der Waals surface area contributed by atoms with Crippen LogP contribution in [-0.2, 0) is 0 Å². The number of benzene rings is 1. The quantitative estimate of drug-likeness (QED) is 0.598. The second kappa shape index (κ2) is 2.76. The molecule has 0 fully saturated rings. The summed E-state index contributed by atoms with van der Waals surface area (Å²) in [5.74, 6) is 0. The highest BCUT2D eigenvalue weighted by Crippen LogP contribution is 2.07. The molecule has 0 aliphatic heterocycles. The first kappa shape index (κ1) is 7.56. The number of fused-ring (bicyclic) bond motifs is 1. The van der Waals surface area contributed by atoms with Crippen LogP contribution in [0.15, 0.2) is 41.3 Å². The highest BCUT2D eigenvalue weighted by Gasteiger charge is 1.99. The van der Waals surface area contributed by atoms with E-state index in [9.17, 15) is 4.79 Å². The maximum atomic E-state index is 11.5. The van der Waals surface area contributed by atoms with Crippen molar-refractivity contribution in [3.63, 3.8) is 0 Å². The summed E-state index contributed by atoms with van der Waals surface area (Å²) in [6.07, 6.45) is 3.27. The van der Waals surface area contributed by atoms with Gasteiger partial charge in [-0.05, 0) is 17.5 Å². The number of nitriles is 1. The Morgan fingerprint density at radius 2 is 2.00 bits per heavy atom. The summed E-state index contributed by atoms with van der Waals surface area (Å²) in [7, 11) is 0. The van der Waals surface area contributed by atoms with Crippen LogP contribution in [0, 0.1) is 11.5 Å². The van der Waals surface area contributed by atoms with Gasteiger partial charge in [-0.15, -0.1) is 0 Å². The van der Waals surface area contributed by atoms with Gasteiger partial charge in [-0.2, -0.15) is 5.26 Å². The molecule has 3 nitrogen and oxygen atoms in total. The number of hydrogen-bond acceptors (Lipinski definition) is 2. The molecular weight excluding hydrogens is 164 g/mol. The monoisotopic (exact) mass is 170 g/mol. The van der Waals surface area contributed by atoms with E-state index in [4.69, 9.17) is 5.26 Å². The Morgan fingerprint density at radius 3 is 2.77 bits per heavy atom. The molecule has 2 aromatic rings. The minimum absolute atomic E-state index is 0.263. The molecule has 0 amide bonds. The minimum atomic E-state index is -0.263. The second-order valence-electron chi connectivity index (χ2n) is 2.68. The van der Waals surface area contributed by atoms with Gasteiger partial charge in [0.25, 0.3) is 5.56 Å². The van der Waals surface area contributed by atoms with Crippen molar-refractivity contribution >= 4 is 10.8 Å². The topological polar surface area (TPSA) is 45.8 Å². The smallest absolute Gasteiger partial charge is 0.268 e. The average molecular weight is 170 g/mol. The van der Waals surface area contributed by atoms with Crippen molar-refractivity contribution in [1.29, 1.82) is 5.26 Å².